The van der Waals surface area contributed by atoms with Crippen LogP contribution in [-0.2, 0) is 0 Å². The molecule has 0 spiro atoms. The molecular formula is C14H15N5O. The maximum Gasteiger partial charge on any atom is 0.250 e. The first-order chi connectivity index (χ1) is 9.78. The van der Waals surface area contributed by atoms with Crippen LogP contribution in [0.15, 0.2) is 30.6 Å². The van der Waals surface area contributed by atoms with Gasteiger partial charge in [0, 0.05) is 6.54 Å². The van der Waals surface area contributed by atoms with Gasteiger partial charge in [-0.25, -0.2) is 4.98 Å². The second-order valence-corrected chi connectivity index (χ2v) is 4.35. The average molecular weight is 269 g/mol. The number of ether oxygens (including phenoxy) is 1. The highest BCUT2D eigenvalue weighted by Gasteiger charge is 2.12. The van der Waals surface area contributed by atoms with Crippen molar-refractivity contribution in [3.05, 3.63) is 36.2 Å². The molecule has 0 bridgehead atoms. The number of aromatic nitrogens is 4. The molecule has 0 amide bonds. The lowest BCUT2D eigenvalue weighted by Gasteiger charge is -2.09. The fraction of sp³-hybridized carbons (Fsp3) is 0.214. The fourth-order valence-electron chi connectivity index (χ4n) is 1.89. The zero-order chi connectivity index (χ0) is 13.9. The quantitative estimate of drug-likeness (QED) is 0.761. The highest BCUT2D eigenvalue weighted by molar-refractivity contribution is 5.77. The molecule has 2 N–H and O–H groups in total. The van der Waals surface area contributed by atoms with Gasteiger partial charge in [-0.1, -0.05) is 18.2 Å². The molecular weight excluding hydrogens is 254 g/mol. The summed E-state index contributed by atoms with van der Waals surface area (Å²) in [6.45, 7) is 4.71. The number of rotatable bonds is 4. The van der Waals surface area contributed by atoms with Gasteiger partial charge in [-0.15, -0.1) is 0 Å². The lowest BCUT2D eigenvalue weighted by Crippen LogP contribution is -2.03. The predicted molar refractivity (Wildman–Crippen MR) is 77.1 cm³/mol. The SMILES string of the molecule is CCNc1nc(Oc2ccccc2C)c2[nH]cnc2n1. The zero-order valence-corrected chi connectivity index (χ0v) is 11.3. The fourth-order valence-corrected chi connectivity index (χ4v) is 1.89. The third kappa shape index (κ3) is 2.27. The van der Waals surface area contributed by atoms with E-state index in [1.807, 2.05) is 38.1 Å². The van der Waals surface area contributed by atoms with E-state index in [-0.39, 0.29) is 0 Å². The van der Waals surface area contributed by atoms with E-state index in [1.165, 1.54) is 0 Å². The summed E-state index contributed by atoms with van der Waals surface area (Å²) < 4.78 is 5.91. The molecule has 0 saturated carbocycles. The van der Waals surface area contributed by atoms with Crippen LogP contribution in [0.25, 0.3) is 11.2 Å². The summed E-state index contributed by atoms with van der Waals surface area (Å²) in [7, 11) is 0. The molecule has 0 radical (unpaired) electrons. The van der Waals surface area contributed by atoms with E-state index in [2.05, 4.69) is 25.3 Å². The molecule has 2 heterocycles. The topological polar surface area (TPSA) is 75.7 Å². The van der Waals surface area contributed by atoms with Gasteiger partial charge in [0.15, 0.2) is 5.65 Å². The van der Waals surface area contributed by atoms with Crippen LogP contribution in [0.4, 0.5) is 5.95 Å². The Balaban J connectivity index is 2.05. The minimum absolute atomic E-state index is 0.470. The number of hydrogen-bond donors (Lipinski definition) is 2. The maximum absolute atomic E-state index is 5.91. The Kier molecular flexibility index (Phi) is 3.20. The molecule has 0 fully saturated rings. The van der Waals surface area contributed by atoms with Gasteiger partial charge < -0.3 is 15.0 Å². The van der Waals surface area contributed by atoms with Crippen molar-refractivity contribution >= 4 is 17.1 Å². The second-order valence-electron chi connectivity index (χ2n) is 4.35. The lowest BCUT2D eigenvalue weighted by molar-refractivity contribution is 0.464. The van der Waals surface area contributed by atoms with Crippen molar-refractivity contribution in [1.29, 1.82) is 0 Å². The first-order valence-electron chi connectivity index (χ1n) is 6.46. The Hall–Kier alpha value is -2.63. The van der Waals surface area contributed by atoms with Crippen LogP contribution in [-0.4, -0.2) is 26.5 Å². The predicted octanol–water partition coefficient (Wildman–Crippen LogP) is 2.89. The Morgan fingerprint density at radius 2 is 2.10 bits per heavy atom. The number of H-pyrrole nitrogens is 1. The Bertz CT molecular complexity index is 737. The van der Waals surface area contributed by atoms with Crippen molar-refractivity contribution in [3.63, 3.8) is 0 Å². The number of imidazole rings is 1. The van der Waals surface area contributed by atoms with Crippen molar-refractivity contribution in [2.45, 2.75) is 13.8 Å². The number of benzene rings is 1. The molecule has 6 heteroatoms. The second kappa shape index (κ2) is 5.16. The summed E-state index contributed by atoms with van der Waals surface area (Å²) in [6, 6.07) is 7.80. The molecule has 0 aliphatic carbocycles. The molecule has 0 unspecified atom stereocenters. The normalized spacial score (nSPS) is 10.7. The van der Waals surface area contributed by atoms with Gasteiger partial charge in [0.25, 0.3) is 5.88 Å². The first-order valence-corrected chi connectivity index (χ1v) is 6.46. The van der Waals surface area contributed by atoms with Crippen LogP contribution in [0.3, 0.4) is 0 Å². The number of anilines is 1. The Labute approximate surface area is 116 Å². The van der Waals surface area contributed by atoms with E-state index in [9.17, 15) is 0 Å². The number of hydrogen-bond acceptors (Lipinski definition) is 5. The van der Waals surface area contributed by atoms with E-state index in [1.54, 1.807) is 6.33 Å². The number of nitrogens with zero attached hydrogens (tertiary/aromatic N) is 3. The maximum atomic E-state index is 5.91. The zero-order valence-electron chi connectivity index (χ0n) is 11.3. The molecule has 3 rings (SSSR count). The third-order valence-corrected chi connectivity index (χ3v) is 2.89. The molecule has 102 valence electrons. The van der Waals surface area contributed by atoms with Crippen molar-refractivity contribution in [2.75, 3.05) is 11.9 Å². The molecule has 20 heavy (non-hydrogen) atoms. The summed E-state index contributed by atoms with van der Waals surface area (Å²) in [5, 5.41) is 3.07. The first kappa shape index (κ1) is 12.4. The van der Waals surface area contributed by atoms with E-state index in [0.717, 1.165) is 17.9 Å². The highest BCUT2D eigenvalue weighted by Crippen LogP contribution is 2.28. The smallest absolute Gasteiger partial charge is 0.250 e. The molecule has 1 aromatic carbocycles. The summed E-state index contributed by atoms with van der Waals surface area (Å²) >= 11 is 0. The van der Waals surface area contributed by atoms with E-state index >= 15 is 0 Å². The van der Waals surface area contributed by atoms with Gasteiger partial charge in [-0.3, -0.25) is 0 Å². The van der Waals surface area contributed by atoms with Crippen molar-refractivity contribution in [1.82, 2.24) is 19.9 Å². The van der Waals surface area contributed by atoms with Crippen molar-refractivity contribution in [2.24, 2.45) is 0 Å². The number of fused-ring (bicyclic) bond motifs is 1. The van der Waals surface area contributed by atoms with E-state index in [4.69, 9.17) is 4.74 Å². The number of aryl methyl sites for hydroxylation is 1. The molecule has 2 aromatic heterocycles. The van der Waals surface area contributed by atoms with Crippen LogP contribution in [0, 0.1) is 6.92 Å². The summed E-state index contributed by atoms with van der Waals surface area (Å²) in [6.07, 6.45) is 1.58. The minimum Gasteiger partial charge on any atom is -0.437 e. The van der Waals surface area contributed by atoms with Gasteiger partial charge in [0.2, 0.25) is 5.95 Å². The van der Waals surface area contributed by atoms with Crippen LogP contribution < -0.4 is 10.1 Å². The van der Waals surface area contributed by atoms with Gasteiger partial charge in [-0.2, -0.15) is 9.97 Å². The highest BCUT2D eigenvalue weighted by atomic mass is 16.5. The monoisotopic (exact) mass is 269 g/mol. The van der Waals surface area contributed by atoms with E-state index < -0.39 is 0 Å². The third-order valence-electron chi connectivity index (χ3n) is 2.89. The summed E-state index contributed by atoms with van der Waals surface area (Å²) in [5.41, 5.74) is 2.32. The van der Waals surface area contributed by atoms with Gasteiger partial charge in [0.1, 0.15) is 11.3 Å². The Morgan fingerprint density at radius 1 is 1.25 bits per heavy atom. The van der Waals surface area contributed by atoms with E-state index in [0.29, 0.717) is 23.0 Å². The minimum atomic E-state index is 0.470. The largest absolute Gasteiger partial charge is 0.437 e. The summed E-state index contributed by atoms with van der Waals surface area (Å²) in [4.78, 5) is 15.9. The molecule has 6 nitrogen and oxygen atoms in total. The van der Waals surface area contributed by atoms with Crippen LogP contribution in [0.5, 0.6) is 11.6 Å². The summed E-state index contributed by atoms with van der Waals surface area (Å²) in [5.74, 6) is 1.75. The number of nitrogens with one attached hydrogen (secondary N) is 2. The number of para-hydroxylation sites is 1. The lowest BCUT2D eigenvalue weighted by atomic mass is 10.2. The molecule has 0 aliphatic rings. The molecule has 0 saturated heterocycles. The van der Waals surface area contributed by atoms with Crippen molar-refractivity contribution < 1.29 is 4.74 Å². The standard InChI is InChI=1S/C14H15N5O/c1-3-15-14-18-12-11(16-8-17-12)13(19-14)20-10-7-5-4-6-9(10)2/h4-8H,3H2,1-2H3,(H2,15,16,17,18,19). The molecule has 0 atom stereocenters. The van der Waals surface area contributed by atoms with Gasteiger partial charge in [0.05, 0.1) is 6.33 Å². The Morgan fingerprint density at radius 3 is 2.90 bits per heavy atom. The van der Waals surface area contributed by atoms with Gasteiger partial charge >= 0.3 is 0 Å². The van der Waals surface area contributed by atoms with Crippen molar-refractivity contribution in [3.8, 4) is 11.6 Å². The molecule has 3 aromatic rings. The van der Waals surface area contributed by atoms with Crippen LogP contribution in [0.2, 0.25) is 0 Å². The van der Waals surface area contributed by atoms with Crippen LogP contribution >= 0.6 is 0 Å². The molecule has 0 aliphatic heterocycles. The number of aromatic amines is 1. The average Bonchev–Trinajstić information content (AvgIpc) is 2.90. The van der Waals surface area contributed by atoms with Gasteiger partial charge in [-0.05, 0) is 25.5 Å². The van der Waals surface area contributed by atoms with Crippen LogP contribution in [0.1, 0.15) is 12.5 Å².